The highest BCUT2D eigenvalue weighted by molar-refractivity contribution is 7.89. The molecule has 1 unspecified atom stereocenters. The number of hydrogen-bond acceptors (Lipinski definition) is 4. The Labute approximate surface area is 165 Å². The predicted molar refractivity (Wildman–Crippen MR) is 106 cm³/mol. The average Bonchev–Trinajstić information content (AvgIpc) is 3.18. The van der Waals surface area contributed by atoms with Gasteiger partial charge in [0.15, 0.2) is 0 Å². The van der Waals surface area contributed by atoms with E-state index in [2.05, 4.69) is 9.62 Å². The minimum atomic E-state index is -4.17. The molecule has 1 N–H and O–H groups in total. The molecule has 0 spiro atoms. The largest absolute Gasteiger partial charge is 0.378 e. The van der Waals surface area contributed by atoms with E-state index in [1.807, 2.05) is 43.3 Å². The number of nitrogens with zero attached hydrogens (tertiary/aromatic N) is 2. The van der Waals surface area contributed by atoms with Crippen LogP contribution in [0.1, 0.15) is 24.4 Å². The lowest BCUT2D eigenvalue weighted by atomic mass is 10.1. The normalized spacial score (nSPS) is 16.3. The van der Waals surface area contributed by atoms with Gasteiger partial charge in [-0.1, -0.05) is 12.1 Å². The number of nitrogens with one attached hydrogen (secondary N) is 1. The molecule has 0 radical (unpaired) electrons. The number of likely N-dealkylation sites (tertiary alicyclic amines) is 1. The first kappa shape index (κ1) is 20.7. The van der Waals surface area contributed by atoms with Crippen LogP contribution in [0, 0.1) is 11.6 Å². The Balaban J connectivity index is 1.82. The maximum absolute atomic E-state index is 13.9. The van der Waals surface area contributed by atoms with Gasteiger partial charge >= 0.3 is 0 Å². The van der Waals surface area contributed by atoms with Crippen molar-refractivity contribution >= 4 is 15.7 Å². The molecule has 1 heterocycles. The number of benzene rings is 2. The quantitative estimate of drug-likeness (QED) is 0.763. The Morgan fingerprint density at radius 2 is 1.71 bits per heavy atom. The van der Waals surface area contributed by atoms with Gasteiger partial charge in [-0.2, -0.15) is 0 Å². The summed E-state index contributed by atoms with van der Waals surface area (Å²) in [5.41, 5.74) is 2.03. The van der Waals surface area contributed by atoms with Crippen molar-refractivity contribution in [3.63, 3.8) is 0 Å². The summed E-state index contributed by atoms with van der Waals surface area (Å²) in [5.74, 6) is -1.76. The van der Waals surface area contributed by atoms with Gasteiger partial charge in [-0.25, -0.2) is 21.9 Å². The van der Waals surface area contributed by atoms with Gasteiger partial charge in [0.1, 0.15) is 16.5 Å². The van der Waals surface area contributed by atoms with E-state index in [4.69, 9.17) is 0 Å². The minimum absolute atomic E-state index is 0.0829. The van der Waals surface area contributed by atoms with E-state index in [0.717, 1.165) is 49.3 Å². The molecule has 0 aliphatic carbocycles. The van der Waals surface area contributed by atoms with Crippen LogP contribution < -0.4 is 9.62 Å². The summed E-state index contributed by atoms with van der Waals surface area (Å²) in [6.45, 7) is 1.83. The first-order chi connectivity index (χ1) is 13.3. The molecule has 2 aromatic carbocycles. The zero-order chi connectivity index (χ0) is 20.3. The molecule has 3 rings (SSSR count). The minimum Gasteiger partial charge on any atom is -0.378 e. The Morgan fingerprint density at radius 1 is 1.07 bits per heavy atom. The summed E-state index contributed by atoms with van der Waals surface area (Å²) in [5, 5.41) is 0. The fourth-order valence-electron chi connectivity index (χ4n) is 3.46. The third-order valence-electron chi connectivity index (χ3n) is 5.03. The van der Waals surface area contributed by atoms with Crippen LogP contribution in [-0.4, -0.2) is 47.0 Å². The molecule has 2 aromatic rings. The summed E-state index contributed by atoms with van der Waals surface area (Å²) < 4.78 is 54.9. The molecule has 0 saturated carbocycles. The Hall–Kier alpha value is -2.03. The number of anilines is 1. The monoisotopic (exact) mass is 409 g/mol. The summed E-state index contributed by atoms with van der Waals surface area (Å²) in [4.78, 5) is 3.54. The molecule has 0 bridgehead atoms. The Kier molecular flexibility index (Phi) is 6.32. The van der Waals surface area contributed by atoms with Gasteiger partial charge < -0.3 is 4.90 Å². The van der Waals surface area contributed by atoms with Crippen LogP contribution in [0.3, 0.4) is 0 Å². The van der Waals surface area contributed by atoms with Gasteiger partial charge in [0.2, 0.25) is 10.0 Å². The third-order valence-corrected chi connectivity index (χ3v) is 6.46. The number of halogens is 2. The van der Waals surface area contributed by atoms with E-state index in [0.29, 0.717) is 6.07 Å². The highest BCUT2D eigenvalue weighted by Crippen LogP contribution is 2.27. The zero-order valence-corrected chi connectivity index (χ0v) is 16.8. The van der Waals surface area contributed by atoms with Gasteiger partial charge in [0.25, 0.3) is 0 Å². The van der Waals surface area contributed by atoms with Gasteiger partial charge in [0, 0.05) is 32.4 Å². The van der Waals surface area contributed by atoms with Gasteiger partial charge in [-0.3, -0.25) is 4.90 Å². The molecular weight excluding hydrogens is 384 g/mol. The highest BCUT2D eigenvalue weighted by Gasteiger charge is 2.27. The lowest BCUT2D eigenvalue weighted by molar-refractivity contribution is 0.246. The summed E-state index contributed by atoms with van der Waals surface area (Å²) >= 11 is 0. The van der Waals surface area contributed by atoms with Gasteiger partial charge in [-0.15, -0.1) is 0 Å². The van der Waals surface area contributed by atoms with Crippen LogP contribution in [0.5, 0.6) is 0 Å². The molecule has 1 aliphatic rings. The lowest BCUT2D eigenvalue weighted by Gasteiger charge is -2.28. The van der Waals surface area contributed by atoms with Crippen molar-refractivity contribution in [2.45, 2.75) is 23.8 Å². The third kappa shape index (κ3) is 4.68. The van der Waals surface area contributed by atoms with Crippen molar-refractivity contribution < 1.29 is 17.2 Å². The molecule has 152 valence electrons. The number of hydrogen-bond donors (Lipinski definition) is 1. The summed E-state index contributed by atoms with van der Waals surface area (Å²) in [6, 6.07) is 10.2. The molecule has 8 heteroatoms. The van der Waals surface area contributed by atoms with Crippen LogP contribution in [0.25, 0.3) is 0 Å². The number of rotatable bonds is 7. The Morgan fingerprint density at radius 3 is 2.32 bits per heavy atom. The molecule has 1 atom stereocenters. The van der Waals surface area contributed by atoms with Gasteiger partial charge in [0.05, 0.1) is 0 Å². The van der Waals surface area contributed by atoms with E-state index >= 15 is 0 Å². The highest BCUT2D eigenvalue weighted by atomic mass is 32.2. The molecule has 0 aromatic heterocycles. The number of sulfonamides is 1. The SMILES string of the molecule is CN(C)c1ccc(C(CNS(=O)(=O)c2cc(F)ccc2F)N2CCCC2)cc1. The molecule has 28 heavy (non-hydrogen) atoms. The van der Waals surface area contributed by atoms with E-state index in [1.165, 1.54) is 0 Å². The molecule has 5 nitrogen and oxygen atoms in total. The zero-order valence-electron chi connectivity index (χ0n) is 16.0. The van der Waals surface area contributed by atoms with Crippen molar-refractivity contribution in [2.24, 2.45) is 0 Å². The fourth-order valence-corrected chi connectivity index (χ4v) is 4.58. The summed E-state index contributed by atoms with van der Waals surface area (Å²) in [7, 11) is -0.262. The Bertz CT molecular complexity index is 912. The van der Waals surface area contributed by atoms with Crippen molar-refractivity contribution in [2.75, 3.05) is 38.6 Å². The maximum atomic E-state index is 13.9. The second kappa shape index (κ2) is 8.55. The topological polar surface area (TPSA) is 52.7 Å². The first-order valence-corrected chi connectivity index (χ1v) is 10.7. The van der Waals surface area contributed by atoms with E-state index < -0.39 is 26.6 Å². The summed E-state index contributed by atoms with van der Waals surface area (Å²) in [6.07, 6.45) is 2.11. The maximum Gasteiger partial charge on any atom is 0.243 e. The van der Waals surface area contributed by atoms with Crippen molar-refractivity contribution in [1.82, 2.24) is 9.62 Å². The van der Waals surface area contributed by atoms with Crippen LogP contribution >= 0.6 is 0 Å². The molecular formula is C20H25F2N3O2S. The van der Waals surface area contributed by atoms with E-state index in [-0.39, 0.29) is 12.6 Å². The first-order valence-electron chi connectivity index (χ1n) is 9.24. The molecule has 1 fully saturated rings. The second-order valence-electron chi connectivity index (χ2n) is 7.17. The standard InChI is InChI=1S/C20H25F2N3O2S/c1-24(2)17-8-5-15(6-9-17)19(25-11-3-4-12-25)14-23-28(26,27)20-13-16(21)7-10-18(20)22/h5-10,13,19,23H,3-4,11-12,14H2,1-2H3. The van der Waals surface area contributed by atoms with Crippen LogP contribution in [-0.2, 0) is 10.0 Å². The van der Waals surface area contributed by atoms with Crippen molar-refractivity contribution in [3.05, 3.63) is 59.7 Å². The van der Waals surface area contributed by atoms with Crippen LogP contribution in [0.2, 0.25) is 0 Å². The lowest BCUT2D eigenvalue weighted by Crippen LogP contribution is -2.37. The van der Waals surface area contributed by atoms with Crippen LogP contribution in [0.4, 0.5) is 14.5 Å². The smallest absolute Gasteiger partial charge is 0.243 e. The van der Waals surface area contributed by atoms with Gasteiger partial charge in [-0.05, 0) is 61.8 Å². The van der Waals surface area contributed by atoms with E-state index in [1.54, 1.807) is 0 Å². The van der Waals surface area contributed by atoms with Crippen molar-refractivity contribution in [3.8, 4) is 0 Å². The van der Waals surface area contributed by atoms with Crippen LogP contribution in [0.15, 0.2) is 47.4 Å². The van der Waals surface area contributed by atoms with Crippen molar-refractivity contribution in [1.29, 1.82) is 0 Å². The van der Waals surface area contributed by atoms with E-state index in [9.17, 15) is 17.2 Å². The average molecular weight is 410 g/mol. The second-order valence-corrected chi connectivity index (χ2v) is 8.91. The molecule has 1 aliphatic heterocycles. The predicted octanol–water partition coefficient (Wildman–Crippen LogP) is 3.15. The molecule has 0 amide bonds. The molecule has 1 saturated heterocycles. The fraction of sp³-hybridized carbons (Fsp3) is 0.400.